The fraction of sp³-hybridized carbons (Fsp3) is 0.375. The number of aliphatic imine (C=N–C) groups is 1. The van der Waals surface area contributed by atoms with Crippen LogP contribution in [-0.4, -0.2) is 66.4 Å². The molecule has 0 bridgehead atoms. The van der Waals surface area contributed by atoms with Crippen molar-refractivity contribution in [1.82, 2.24) is 10.2 Å². The van der Waals surface area contributed by atoms with Gasteiger partial charge in [0.05, 0.1) is 35.8 Å². The monoisotopic (exact) mass is 655 g/mol. The van der Waals surface area contributed by atoms with Crippen molar-refractivity contribution in [2.45, 2.75) is 42.9 Å². The van der Waals surface area contributed by atoms with E-state index >= 15 is 4.39 Å². The summed E-state index contributed by atoms with van der Waals surface area (Å²) in [6.45, 7) is 0.0873. The molecule has 0 unspecified atom stereocenters. The van der Waals surface area contributed by atoms with Crippen LogP contribution in [0.4, 0.5) is 15.8 Å². The number of likely N-dealkylation sites (tertiary alicyclic amines) is 1. The van der Waals surface area contributed by atoms with Gasteiger partial charge in [-0.3, -0.25) is 24.8 Å². The predicted octanol–water partition coefficient (Wildman–Crippen LogP) is 5.27. The van der Waals surface area contributed by atoms with E-state index in [2.05, 4.69) is 15.6 Å². The summed E-state index contributed by atoms with van der Waals surface area (Å²) in [5.41, 5.74) is 0.560. The predicted molar refractivity (Wildman–Crippen MR) is 170 cm³/mol. The number of ether oxygens (including phenoxy) is 1. The molecule has 45 heavy (non-hydrogen) atoms. The van der Waals surface area contributed by atoms with Crippen LogP contribution in [0.2, 0.25) is 10.0 Å². The Hall–Kier alpha value is -3.61. The van der Waals surface area contributed by atoms with Crippen LogP contribution in [0.5, 0.6) is 5.75 Å². The number of hydrogen-bond donors (Lipinski definition) is 3. The minimum atomic E-state index is -1.44. The molecule has 3 aromatic rings. The van der Waals surface area contributed by atoms with Gasteiger partial charge in [0.15, 0.2) is 0 Å². The van der Waals surface area contributed by atoms with Gasteiger partial charge in [0.1, 0.15) is 17.1 Å². The van der Waals surface area contributed by atoms with E-state index < -0.39 is 34.3 Å². The Balaban J connectivity index is 1.54. The second-order valence-electron chi connectivity index (χ2n) is 11.7. The first kappa shape index (κ1) is 31.4. The molecule has 3 N–H and O–H groups in total. The highest BCUT2D eigenvalue weighted by molar-refractivity contribution is 6.31. The number of nitrogens with one attached hydrogen (secondary N) is 2. The molecule has 2 fully saturated rings. The summed E-state index contributed by atoms with van der Waals surface area (Å²) in [5, 5.41) is 29.9. The van der Waals surface area contributed by atoms with E-state index in [1.54, 1.807) is 49.7 Å². The Morgan fingerprint density at radius 2 is 2.04 bits per heavy atom. The van der Waals surface area contributed by atoms with Gasteiger partial charge in [0.2, 0.25) is 5.91 Å². The first-order chi connectivity index (χ1) is 21.6. The van der Waals surface area contributed by atoms with E-state index in [1.807, 2.05) is 4.90 Å². The maximum absolute atomic E-state index is 16.1. The molecular weight excluding hydrogens is 624 g/mol. The summed E-state index contributed by atoms with van der Waals surface area (Å²) in [6.07, 6.45) is 3.47. The summed E-state index contributed by atoms with van der Waals surface area (Å²) < 4.78 is 21.5. The molecule has 1 aliphatic carbocycles. The lowest BCUT2D eigenvalue weighted by Crippen LogP contribution is -2.53. The first-order valence-electron chi connectivity index (χ1n) is 14.6. The molecule has 0 radical (unpaired) electrons. The van der Waals surface area contributed by atoms with Crippen LogP contribution in [0, 0.1) is 21.8 Å². The molecule has 10 nitrogen and oxygen atoms in total. The van der Waals surface area contributed by atoms with Crippen molar-refractivity contribution in [3.05, 3.63) is 96.8 Å². The number of fused-ring (bicyclic) bond motifs is 2. The van der Waals surface area contributed by atoms with Gasteiger partial charge in [-0.1, -0.05) is 41.4 Å². The third-order valence-corrected chi connectivity index (χ3v) is 9.67. The highest BCUT2D eigenvalue weighted by atomic mass is 35.5. The summed E-state index contributed by atoms with van der Waals surface area (Å²) in [4.78, 5) is 32.1. The fourth-order valence-corrected chi connectivity index (χ4v) is 7.45. The standard InChI is InChI=1S/C32H32Cl2FN5O5/c1-36-13-19-10-18(25(40(43)44)12-27(19)45-2)14-37-30-26(16-41)39(15-17-6-7-17)32(28(30)21-4-3-5-23(34)29(21)35)22-9-8-20(33)11-24(22)38-31(32)42/h3-5,8-13,17,26,28,30,37,41H,6-7,14-16H2,1-2H3,(H,38,42)/b36-13+/t26-,28-,30+,32+/m0/s1. The highest BCUT2D eigenvalue weighted by Gasteiger charge is 2.67. The quantitative estimate of drug-likeness (QED) is 0.154. The Morgan fingerprint density at radius 1 is 1.27 bits per heavy atom. The molecule has 3 aliphatic rings. The smallest absolute Gasteiger partial charge is 0.277 e. The molecule has 4 atom stereocenters. The number of carbonyl (C=O) groups is 1. The van der Waals surface area contributed by atoms with E-state index in [1.165, 1.54) is 19.2 Å². The zero-order chi connectivity index (χ0) is 32.0. The largest absolute Gasteiger partial charge is 0.496 e. The number of nitro groups is 1. The number of aliphatic hydroxyl groups is 1. The maximum Gasteiger partial charge on any atom is 0.277 e. The van der Waals surface area contributed by atoms with Gasteiger partial charge in [0.25, 0.3) is 5.69 Å². The number of rotatable bonds is 10. The number of carbonyl (C=O) groups excluding carboxylic acids is 1. The van der Waals surface area contributed by atoms with Crippen molar-refractivity contribution in [3.8, 4) is 5.75 Å². The normalized spacial score (nSPS) is 24.4. The van der Waals surface area contributed by atoms with E-state index in [0.717, 1.165) is 12.8 Å². The SMILES string of the molecule is C/N=C/c1cc(CN[C@@H]2[C@H](CO)N(CC3CC3)[C@@]3(C(=O)Nc4cc(Cl)ccc43)[C@H]2c2cccc(Cl)c2F)c([N+](=O)[O-])cc1OC. The van der Waals surface area contributed by atoms with Crippen LogP contribution < -0.4 is 15.4 Å². The number of nitrogens with zero attached hydrogens (tertiary/aromatic N) is 3. The number of hydrogen-bond acceptors (Lipinski definition) is 8. The van der Waals surface area contributed by atoms with Gasteiger partial charge in [-0.15, -0.1) is 0 Å². The summed E-state index contributed by atoms with van der Waals surface area (Å²) in [7, 11) is 3.00. The zero-order valence-corrected chi connectivity index (χ0v) is 26.1. The molecule has 0 aromatic heterocycles. The number of nitro benzene ring substituents is 1. The Bertz CT molecular complexity index is 1700. The third kappa shape index (κ3) is 5.26. The Morgan fingerprint density at radius 3 is 2.71 bits per heavy atom. The molecule has 1 spiro atoms. The number of amides is 1. The number of anilines is 1. The topological polar surface area (TPSA) is 129 Å². The van der Waals surface area contributed by atoms with E-state index in [4.69, 9.17) is 27.9 Å². The van der Waals surface area contributed by atoms with Gasteiger partial charge in [-0.05, 0) is 48.6 Å². The van der Waals surface area contributed by atoms with Gasteiger partial charge >= 0.3 is 0 Å². The lowest BCUT2D eigenvalue weighted by atomic mass is 9.73. The molecule has 6 rings (SSSR count). The zero-order valence-electron chi connectivity index (χ0n) is 24.6. The lowest BCUT2D eigenvalue weighted by Gasteiger charge is -2.39. The van der Waals surface area contributed by atoms with Crippen molar-refractivity contribution in [3.63, 3.8) is 0 Å². The van der Waals surface area contributed by atoms with Gasteiger partial charge in [-0.2, -0.15) is 0 Å². The summed E-state index contributed by atoms with van der Waals surface area (Å²) in [5.74, 6) is -1.36. The number of aliphatic hydroxyl groups excluding tert-OH is 1. The average Bonchev–Trinajstić information content (AvgIpc) is 3.73. The van der Waals surface area contributed by atoms with E-state index in [-0.39, 0.29) is 41.1 Å². The van der Waals surface area contributed by atoms with E-state index in [0.29, 0.717) is 39.9 Å². The molecule has 1 saturated heterocycles. The molecule has 13 heteroatoms. The number of methoxy groups -OCH3 is 1. The minimum absolute atomic E-state index is 0.0346. The van der Waals surface area contributed by atoms with Crippen LogP contribution in [0.15, 0.2) is 53.5 Å². The van der Waals surface area contributed by atoms with Crippen molar-refractivity contribution in [2.24, 2.45) is 10.9 Å². The molecule has 2 aliphatic heterocycles. The van der Waals surface area contributed by atoms with Crippen LogP contribution >= 0.6 is 23.2 Å². The highest BCUT2D eigenvalue weighted by Crippen LogP contribution is 2.58. The second-order valence-corrected chi connectivity index (χ2v) is 12.5. The summed E-state index contributed by atoms with van der Waals surface area (Å²) >= 11 is 12.6. The molecular formula is C32H32Cl2FN5O5. The van der Waals surface area contributed by atoms with Crippen LogP contribution in [0.25, 0.3) is 0 Å². The molecule has 2 heterocycles. The van der Waals surface area contributed by atoms with Crippen LogP contribution in [-0.2, 0) is 16.9 Å². The van der Waals surface area contributed by atoms with Crippen molar-refractivity contribution >= 4 is 46.7 Å². The Labute approximate surface area is 269 Å². The van der Waals surface area contributed by atoms with Gasteiger partial charge in [0, 0.05) is 65.7 Å². The number of halogens is 3. The lowest BCUT2D eigenvalue weighted by molar-refractivity contribution is -0.385. The minimum Gasteiger partial charge on any atom is -0.496 e. The van der Waals surface area contributed by atoms with Crippen molar-refractivity contribution in [2.75, 3.05) is 32.6 Å². The van der Waals surface area contributed by atoms with Crippen molar-refractivity contribution in [1.29, 1.82) is 0 Å². The fourth-order valence-electron chi connectivity index (χ4n) is 7.09. The van der Waals surface area contributed by atoms with Crippen molar-refractivity contribution < 1.29 is 24.0 Å². The molecule has 1 saturated carbocycles. The number of benzene rings is 3. The van der Waals surface area contributed by atoms with E-state index in [9.17, 15) is 20.0 Å². The van der Waals surface area contributed by atoms with Gasteiger partial charge < -0.3 is 20.5 Å². The molecule has 1 amide bonds. The average molecular weight is 657 g/mol. The molecule has 236 valence electrons. The summed E-state index contributed by atoms with van der Waals surface area (Å²) in [6, 6.07) is 11.3. The molecule has 3 aromatic carbocycles. The van der Waals surface area contributed by atoms with Gasteiger partial charge in [-0.25, -0.2) is 4.39 Å². The maximum atomic E-state index is 16.1. The van der Waals surface area contributed by atoms with Crippen LogP contribution in [0.3, 0.4) is 0 Å². The van der Waals surface area contributed by atoms with Crippen LogP contribution in [0.1, 0.15) is 41.0 Å². The second kappa shape index (κ2) is 12.3. The first-order valence-corrected chi connectivity index (χ1v) is 15.3. The third-order valence-electron chi connectivity index (χ3n) is 9.14. The Kier molecular flexibility index (Phi) is 8.57.